The Morgan fingerprint density at radius 1 is 1.45 bits per heavy atom. The third-order valence-corrected chi connectivity index (χ3v) is 3.65. The maximum Gasteiger partial charge on any atom is 0.239 e. The first kappa shape index (κ1) is 14.2. The summed E-state index contributed by atoms with van der Waals surface area (Å²) in [6.07, 6.45) is 0. The van der Waals surface area contributed by atoms with Crippen LogP contribution in [0.25, 0.3) is 0 Å². The first-order valence-electron chi connectivity index (χ1n) is 5.99. The minimum absolute atomic E-state index is 0.157. The Morgan fingerprint density at radius 3 is 2.70 bits per heavy atom. The molecule has 0 aliphatic rings. The first-order chi connectivity index (χ1) is 9.58. The first-order valence-corrected chi connectivity index (χ1v) is 6.87. The summed E-state index contributed by atoms with van der Waals surface area (Å²) in [5.74, 6) is 0.190. The van der Waals surface area contributed by atoms with Crippen molar-refractivity contribution in [3.05, 3.63) is 41.6 Å². The smallest absolute Gasteiger partial charge is 0.239 e. The number of hydrogen-bond acceptors (Lipinski definition) is 5. The molecule has 1 heterocycles. The van der Waals surface area contributed by atoms with Crippen molar-refractivity contribution in [3.63, 3.8) is 0 Å². The average molecular weight is 287 g/mol. The number of nitrogens with one attached hydrogen (secondary N) is 1. The van der Waals surface area contributed by atoms with Crippen LogP contribution in [-0.4, -0.2) is 16.3 Å². The van der Waals surface area contributed by atoms with E-state index in [1.165, 1.54) is 11.8 Å². The highest BCUT2D eigenvalue weighted by Gasteiger charge is 2.16. The van der Waals surface area contributed by atoms with E-state index in [1.807, 2.05) is 12.1 Å². The second-order valence-corrected chi connectivity index (χ2v) is 5.63. The number of anilines is 1. The zero-order valence-corrected chi connectivity index (χ0v) is 11.9. The molecule has 20 heavy (non-hydrogen) atoms. The number of carbonyl (C=O) groups is 1. The number of nitrogens with zero attached hydrogens (tertiary/aromatic N) is 2. The van der Waals surface area contributed by atoms with E-state index >= 15 is 0 Å². The van der Waals surface area contributed by atoms with Crippen molar-refractivity contribution in [1.82, 2.24) is 5.16 Å². The molecule has 102 valence electrons. The molecule has 2 aromatic rings. The standard InChI is InChI=1S/C14H13N3O2S/c1-9-7-13(19-17-9)16-14(18)10(2)20-12-5-3-11(8-15)4-6-12/h3-7,10H,1-2H3,(H,16,18)/t10-/m0/s1. The summed E-state index contributed by atoms with van der Waals surface area (Å²) >= 11 is 1.41. The Labute approximate surface area is 121 Å². The molecule has 1 aromatic heterocycles. The fraction of sp³-hybridized carbons (Fsp3) is 0.214. The molecule has 0 fully saturated rings. The summed E-state index contributed by atoms with van der Waals surface area (Å²) in [6.45, 7) is 3.59. The summed E-state index contributed by atoms with van der Waals surface area (Å²) in [4.78, 5) is 12.9. The van der Waals surface area contributed by atoms with Gasteiger partial charge in [0.1, 0.15) is 0 Å². The maximum atomic E-state index is 12.0. The topological polar surface area (TPSA) is 78.9 Å². The minimum atomic E-state index is -0.284. The number of thioether (sulfide) groups is 1. The molecule has 6 heteroatoms. The summed E-state index contributed by atoms with van der Waals surface area (Å²) in [7, 11) is 0. The number of aromatic nitrogens is 1. The number of hydrogen-bond donors (Lipinski definition) is 1. The van der Waals surface area contributed by atoms with Crippen LogP contribution >= 0.6 is 11.8 Å². The van der Waals surface area contributed by atoms with Crippen molar-refractivity contribution in [2.24, 2.45) is 0 Å². The summed E-state index contributed by atoms with van der Waals surface area (Å²) in [6, 6.07) is 10.8. The van der Waals surface area contributed by atoms with Crippen LogP contribution < -0.4 is 5.32 Å². The molecule has 0 aliphatic heterocycles. The van der Waals surface area contributed by atoms with Crippen LogP contribution in [0.15, 0.2) is 39.8 Å². The average Bonchev–Trinajstić information content (AvgIpc) is 2.85. The van der Waals surface area contributed by atoms with E-state index in [0.29, 0.717) is 17.1 Å². The highest BCUT2D eigenvalue weighted by molar-refractivity contribution is 8.00. The molecule has 1 amide bonds. The van der Waals surface area contributed by atoms with Gasteiger partial charge < -0.3 is 4.52 Å². The van der Waals surface area contributed by atoms with Gasteiger partial charge in [-0.1, -0.05) is 5.16 Å². The van der Waals surface area contributed by atoms with Crippen LogP contribution in [-0.2, 0) is 4.79 Å². The van der Waals surface area contributed by atoms with E-state index in [-0.39, 0.29) is 11.2 Å². The van der Waals surface area contributed by atoms with Gasteiger partial charge in [-0.15, -0.1) is 11.8 Å². The van der Waals surface area contributed by atoms with Gasteiger partial charge in [-0.2, -0.15) is 5.26 Å². The van der Waals surface area contributed by atoms with E-state index in [2.05, 4.69) is 16.5 Å². The lowest BCUT2D eigenvalue weighted by atomic mass is 10.2. The molecule has 0 bridgehead atoms. The van der Waals surface area contributed by atoms with Gasteiger partial charge in [0.15, 0.2) is 0 Å². The lowest BCUT2D eigenvalue weighted by molar-refractivity contribution is -0.115. The summed E-state index contributed by atoms with van der Waals surface area (Å²) < 4.78 is 4.94. The molecule has 2 rings (SSSR count). The Morgan fingerprint density at radius 2 is 2.15 bits per heavy atom. The van der Waals surface area contributed by atoms with Crippen LogP contribution in [0.3, 0.4) is 0 Å². The van der Waals surface area contributed by atoms with Crippen LogP contribution in [0, 0.1) is 18.3 Å². The summed E-state index contributed by atoms with van der Waals surface area (Å²) in [5.41, 5.74) is 1.32. The van der Waals surface area contributed by atoms with Crippen LogP contribution in [0.1, 0.15) is 18.2 Å². The summed E-state index contributed by atoms with van der Waals surface area (Å²) in [5, 5.41) is 14.8. The van der Waals surface area contributed by atoms with Crippen LogP contribution in [0.5, 0.6) is 0 Å². The van der Waals surface area contributed by atoms with E-state index < -0.39 is 0 Å². The normalized spacial score (nSPS) is 11.7. The molecule has 0 unspecified atom stereocenters. The predicted molar refractivity (Wildman–Crippen MR) is 76.3 cm³/mol. The molecule has 1 aromatic carbocycles. The lowest BCUT2D eigenvalue weighted by Crippen LogP contribution is -2.22. The number of nitriles is 1. The molecule has 0 spiro atoms. The number of amides is 1. The van der Waals surface area contributed by atoms with Gasteiger partial charge in [-0.05, 0) is 38.1 Å². The number of benzene rings is 1. The maximum absolute atomic E-state index is 12.0. The van der Waals surface area contributed by atoms with Gasteiger partial charge in [-0.3, -0.25) is 10.1 Å². The molecule has 1 atom stereocenters. The number of carbonyl (C=O) groups excluding carboxylic acids is 1. The SMILES string of the molecule is Cc1cc(NC(=O)[C@H](C)Sc2ccc(C#N)cc2)on1. The monoisotopic (exact) mass is 287 g/mol. The van der Waals surface area contributed by atoms with Crippen LogP contribution in [0.2, 0.25) is 0 Å². The van der Waals surface area contributed by atoms with E-state index in [1.54, 1.807) is 32.0 Å². The van der Waals surface area contributed by atoms with Gasteiger partial charge >= 0.3 is 0 Å². The molecule has 5 nitrogen and oxygen atoms in total. The third kappa shape index (κ3) is 3.62. The van der Waals surface area contributed by atoms with Gasteiger partial charge in [-0.25, -0.2) is 0 Å². The Hall–Kier alpha value is -2.26. The van der Waals surface area contributed by atoms with Gasteiger partial charge in [0.2, 0.25) is 11.8 Å². The van der Waals surface area contributed by atoms with E-state index in [4.69, 9.17) is 9.78 Å². The zero-order valence-electron chi connectivity index (χ0n) is 11.1. The van der Waals surface area contributed by atoms with Crippen molar-refractivity contribution in [2.75, 3.05) is 5.32 Å². The molecule has 0 radical (unpaired) electrons. The highest BCUT2D eigenvalue weighted by atomic mass is 32.2. The van der Waals surface area contributed by atoms with E-state index in [9.17, 15) is 4.79 Å². The molecule has 1 N–H and O–H groups in total. The molecular weight excluding hydrogens is 274 g/mol. The number of rotatable bonds is 4. The number of aryl methyl sites for hydroxylation is 1. The van der Waals surface area contributed by atoms with Gasteiger partial charge in [0.25, 0.3) is 0 Å². The quantitative estimate of drug-likeness (QED) is 0.874. The molecule has 0 saturated heterocycles. The lowest BCUT2D eigenvalue weighted by Gasteiger charge is -2.10. The molecule has 0 saturated carbocycles. The van der Waals surface area contributed by atoms with Gasteiger partial charge in [0.05, 0.1) is 22.6 Å². The molecule has 0 aliphatic carbocycles. The fourth-order valence-electron chi connectivity index (χ4n) is 1.51. The van der Waals surface area contributed by atoms with Crippen molar-refractivity contribution in [2.45, 2.75) is 24.0 Å². The Kier molecular flexibility index (Phi) is 4.43. The Bertz CT molecular complexity index is 643. The Balaban J connectivity index is 1.95. The van der Waals surface area contributed by atoms with E-state index in [0.717, 1.165) is 4.90 Å². The second-order valence-electron chi connectivity index (χ2n) is 4.22. The van der Waals surface area contributed by atoms with Crippen molar-refractivity contribution < 1.29 is 9.32 Å². The minimum Gasteiger partial charge on any atom is -0.338 e. The van der Waals surface area contributed by atoms with Crippen molar-refractivity contribution >= 4 is 23.6 Å². The second kappa shape index (κ2) is 6.26. The van der Waals surface area contributed by atoms with Crippen molar-refractivity contribution in [3.8, 4) is 6.07 Å². The largest absolute Gasteiger partial charge is 0.338 e. The van der Waals surface area contributed by atoms with Gasteiger partial charge in [0, 0.05) is 11.0 Å². The third-order valence-electron chi connectivity index (χ3n) is 2.54. The zero-order chi connectivity index (χ0) is 14.5. The fourth-order valence-corrected chi connectivity index (χ4v) is 2.38. The molecular formula is C14H13N3O2S. The predicted octanol–water partition coefficient (Wildman–Crippen LogP) is 2.97. The van der Waals surface area contributed by atoms with Crippen LogP contribution in [0.4, 0.5) is 5.88 Å². The highest BCUT2D eigenvalue weighted by Crippen LogP contribution is 2.24. The van der Waals surface area contributed by atoms with Crippen molar-refractivity contribution in [1.29, 1.82) is 5.26 Å².